The molecule has 1 rings (SSSR count). The molecule has 0 amide bonds. The second kappa shape index (κ2) is 4.56. The molecule has 0 aromatic heterocycles. The fraction of sp³-hybridized carbons (Fsp3) is 0.778. The second-order valence-electron chi connectivity index (χ2n) is 3.71. The summed E-state index contributed by atoms with van der Waals surface area (Å²) in [6.45, 7) is 2.21. The molecule has 0 heterocycles. The highest BCUT2D eigenvalue weighted by Crippen LogP contribution is 2.21. The summed E-state index contributed by atoms with van der Waals surface area (Å²) < 4.78 is 0. The van der Waals surface area contributed by atoms with E-state index in [1.54, 1.807) is 0 Å². The van der Waals surface area contributed by atoms with Crippen LogP contribution in [0.25, 0.3) is 0 Å². The van der Waals surface area contributed by atoms with Crippen LogP contribution in [0.15, 0.2) is 5.10 Å². The molecule has 0 bridgehead atoms. The van der Waals surface area contributed by atoms with E-state index in [0.717, 1.165) is 6.42 Å². The predicted octanol–water partition coefficient (Wildman–Crippen LogP) is 1.60. The first kappa shape index (κ1) is 10.4. The van der Waals surface area contributed by atoms with Crippen molar-refractivity contribution in [2.75, 3.05) is 14.1 Å². The summed E-state index contributed by atoms with van der Waals surface area (Å²) in [5.74, 6) is 0.623. The van der Waals surface area contributed by atoms with Crippen LogP contribution in [0, 0.1) is 5.92 Å². The highest BCUT2D eigenvalue weighted by Gasteiger charge is 2.17. The highest BCUT2D eigenvalue weighted by atomic mass is 32.1. The van der Waals surface area contributed by atoms with E-state index in [9.17, 15) is 0 Å². The third-order valence-corrected chi connectivity index (χ3v) is 2.80. The molecule has 4 heteroatoms. The lowest BCUT2D eigenvalue weighted by atomic mass is 10.1. The summed E-state index contributed by atoms with van der Waals surface area (Å²) in [6.07, 6.45) is 3.63. The number of hydrazone groups is 1. The van der Waals surface area contributed by atoms with Crippen LogP contribution in [0.2, 0.25) is 0 Å². The minimum atomic E-state index is 0.623. The van der Waals surface area contributed by atoms with Crippen LogP contribution in [0.5, 0.6) is 0 Å². The maximum absolute atomic E-state index is 5.06. The normalized spacial score (nSPS) is 24.8. The molecule has 0 aromatic carbocycles. The lowest BCUT2D eigenvalue weighted by Gasteiger charge is -2.13. The molecule has 3 nitrogen and oxygen atoms in total. The van der Waals surface area contributed by atoms with Crippen molar-refractivity contribution < 1.29 is 0 Å². The van der Waals surface area contributed by atoms with Gasteiger partial charge in [-0.15, -0.1) is 0 Å². The first-order valence-electron chi connectivity index (χ1n) is 4.65. The number of nitrogens with zero attached hydrogens (tertiary/aromatic N) is 2. The standard InChI is InChI=1S/C9H17N3S/c1-7-5-4-6-8(7)10-11-9(13)12(2)3/h7H,4-6H2,1-3H3,(H,11,13)/b10-8-. The Kier molecular flexibility index (Phi) is 3.66. The average Bonchev–Trinajstić information content (AvgIpc) is 2.47. The summed E-state index contributed by atoms with van der Waals surface area (Å²) in [5, 5.41) is 4.98. The van der Waals surface area contributed by atoms with E-state index in [-0.39, 0.29) is 0 Å². The number of hydrogen-bond acceptors (Lipinski definition) is 2. The van der Waals surface area contributed by atoms with Crippen LogP contribution in [-0.4, -0.2) is 29.8 Å². The van der Waals surface area contributed by atoms with Gasteiger partial charge in [0.05, 0.1) is 0 Å². The topological polar surface area (TPSA) is 27.6 Å². The lowest BCUT2D eigenvalue weighted by Crippen LogP contribution is -2.31. The molecule has 1 fully saturated rings. The van der Waals surface area contributed by atoms with Gasteiger partial charge in [-0.25, -0.2) is 0 Å². The van der Waals surface area contributed by atoms with Crippen molar-refractivity contribution in [2.24, 2.45) is 11.0 Å². The zero-order chi connectivity index (χ0) is 9.84. The van der Waals surface area contributed by atoms with Gasteiger partial charge < -0.3 is 4.90 Å². The maximum atomic E-state index is 5.06. The Labute approximate surface area is 85.2 Å². The van der Waals surface area contributed by atoms with Gasteiger partial charge in [0.1, 0.15) is 0 Å². The van der Waals surface area contributed by atoms with Gasteiger partial charge in [-0.2, -0.15) is 5.10 Å². The van der Waals surface area contributed by atoms with Crippen LogP contribution < -0.4 is 5.43 Å². The monoisotopic (exact) mass is 199 g/mol. The number of thiocarbonyl (C=S) groups is 1. The fourth-order valence-electron chi connectivity index (χ4n) is 1.39. The Balaban J connectivity index is 2.43. The maximum Gasteiger partial charge on any atom is 0.189 e. The van der Waals surface area contributed by atoms with Crippen LogP contribution in [0.1, 0.15) is 26.2 Å². The van der Waals surface area contributed by atoms with Gasteiger partial charge in [-0.1, -0.05) is 6.92 Å². The first-order valence-corrected chi connectivity index (χ1v) is 5.06. The molecule has 0 spiro atoms. The van der Waals surface area contributed by atoms with Crippen molar-refractivity contribution in [1.82, 2.24) is 10.3 Å². The molecular formula is C9H17N3S. The SMILES string of the molecule is CC1CCC/C1=N/NC(=S)N(C)C. The third kappa shape index (κ3) is 2.95. The van der Waals surface area contributed by atoms with Crippen LogP contribution in [0.4, 0.5) is 0 Å². The van der Waals surface area contributed by atoms with E-state index >= 15 is 0 Å². The van der Waals surface area contributed by atoms with E-state index in [1.165, 1.54) is 18.6 Å². The summed E-state index contributed by atoms with van der Waals surface area (Å²) in [5.41, 5.74) is 4.15. The van der Waals surface area contributed by atoms with Crippen LogP contribution in [0.3, 0.4) is 0 Å². The van der Waals surface area contributed by atoms with Crippen molar-refractivity contribution in [3.05, 3.63) is 0 Å². The van der Waals surface area contributed by atoms with Crippen molar-refractivity contribution in [1.29, 1.82) is 0 Å². The minimum absolute atomic E-state index is 0.623. The summed E-state index contributed by atoms with van der Waals surface area (Å²) >= 11 is 5.06. The fourth-order valence-corrected chi connectivity index (χ4v) is 1.43. The Morgan fingerprint density at radius 1 is 1.62 bits per heavy atom. The molecule has 1 N–H and O–H groups in total. The molecule has 0 aliphatic heterocycles. The zero-order valence-corrected chi connectivity index (χ0v) is 9.32. The summed E-state index contributed by atoms with van der Waals surface area (Å²) in [4.78, 5) is 1.85. The third-order valence-electron chi connectivity index (χ3n) is 2.34. The Morgan fingerprint density at radius 3 is 2.77 bits per heavy atom. The van der Waals surface area contributed by atoms with E-state index in [2.05, 4.69) is 17.5 Å². The van der Waals surface area contributed by atoms with E-state index in [0.29, 0.717) is 11.0 Å². The van der Waals surface area contributed by atoms with Gasteiger partial charge in [0.2, 0.25) is 0 Å². The molecule has 0 aromatic rings. The van der Waals surface area contributed by atoms with Gasteiger partial charge in [0.25, 0.3) is 0 Å². The van der Waals surface area contributed by atoms with Crippen LogP contribution in [-0.2, 0) is 0 Å². The largest absolute Gasteiger partial charge is 0.354 e. The molecule has 1 aliphatic rings. The minimum Gasteiger partial charge on any atom is -0.354 e. The molecular weight excluding hydrogens is 182 g/mol. The molecule has 0 saturated heterocycles. The van der Waals surface area contributed by atoms with Crippen molar-refractivity contribution in [2.45, 2.75) is 26.2 Å². The number of rotatable bonds is 1. The van der Waals surface area contributed by atoms with Gasteiger partial charge >= 0.3 is 0 Å². The molecule has 1 unspecified atom stereocenters. The van der Waals surface area contributed by atoms with E-state index < -0.39 is 0 Å². The molecule has 1 saturated carbocycles. The van der Waals surface area contributed by atoms with E-state index in [1.807, 2.05) is 19.0 Å². The highest BCUT2D eigenvalue weighted by molar-refractivity contribution is 7.80. The average molecular weight is 199 g/mol. The van der Waals surface area contributed by atoms with Crippen LogP contribution >= 0.6 is 12.2 Å². The molecule has 1 atom stereocenters. The van der Waals surface area contributed by atoms with Crippen molar-refractivity contribution in [3.63, 3.8) is 0 Å². The zero-order valence-electron chi connectivity index (χ0n) is 8.50. The smallest absolute Gasteiger partial charge is 0.189 e. The number of nitrogens with one attached hydrogen (secondary N) is 1. The lowest BCUT2D eigenvalue weighted by molar-refractivity contribution is 0.605. The predicted molar refractivity (Wildman–Crippen MR) is 59.9 cm³/mol. The van der Waals surface area contributed by atoms with Gasteiger partial charge in [-0.05, 0) is 37.4 Å². The van der Waals surface area contributed by atoms with E-state index in [4.69, 9.17) is 12.2 Å². The van der Waals surface area contributed by atoms with Gasteiger partial charge in [-0.3, -0.25) is 5.43 Å². The Hall–Kier alpha value is -0.640. The summed E-state index contributed by atoms with van der Waals surface area (Å²) in [6, 6.07) is 0. The Bertz CT molecular complexity index is 223. The number of hydrogen-bond donors (Lipinski definition) is 1. The van der Waals surface area contributed by atoms with Gasteiger partial charge in [0, 0.05) is 19.8 Å². The van der Waals surface area contributed by atoms with Gasteiger partial charge in [0.15, 0.2) is 5.11 Å². The Morgan fingerprint density at radius 2 is 2.31 bits per heavy atom. The summed E-state index contributed by atoms with van der Waals surface area (Å²) in [7, 11) is 3.82. The molecule has 74 valence electrons. The molecule has 13 heavy (non-hydrogen) atoms. The van der Waals surface area contributed by atoms with Crippen molar-refractivity contribution in [3.8, 4) is 0 Å². The molecule has 1 aliphatic carbocycles. The first-order chi connectivity index (χ1) is 6.11. The second-order valence-corrected chi connectivity index (χ2v) is 4.09. The van der Waals surface area contributed by atoms with Crippen molar-refractivity contribution >= 4 is 23.0 Å². The molecule has 0 radical (unpaired) electrons. The quantitative estimate of drug-likeness (QED) is 0.513.